The van der Waals surface area contributed by atoms with E-state index in [-0.39, 0.29) is 6.10 Å². The van der Waals surface area contributed by atoms with Crippen LogP contribution in [0.3, 0.4) is 0 Å². The van der Waals surface area contributed by atoms with Gasteiger partial charge in [-0.1, -0.05) is 70.6 Å². The van der Waals surface area contributed by atoms with Gasteiger partial charge in [0, 0.05) is 23.4 Å². The number of hydrogen-bond acceptors (Lipinski definition) is 3. The van der Waals surface area contributed by atoms with Crippen LogP contribution in [0.5, 0.6) is 11.6 Å². The molecule has 1 aromatic carbocycles. The predicted molar refractivity (Wildman–Crippen MR) is 125 cm³/mol. The molecule has 30 heavy (non-hydrogen) atoms. The molecule has 0 unspecified atom stereocenters. The molecule has 0 radical (unpaired) electrons. The maximum Gasteiger partial charge on any atom is 0.213 e. The number of nitrogens with zero attached hydrogens (tertiary/aromatic N) is 1. The van der Waals surface area contributed by atoms with Crippen LogP contribution in [-0.4, -0.2) is 17.7 Å². The molecule has 0 saturated heterocycles. The lowest BCUT2D eigenvalue weighted by atomic mass is 10.1. The first kappa shape index (κ1) is 23.8. The Bertz CT molecular complexity index is 756. The van der Waals surface area contributed by atoms with Gasteiger partial charge in [0.05, 0.1) is 12.7 Å². The van der Waals surface area contributed by atoms with E-state index in [4.69, 9.17) is 9.47 Å². The first-order chi connectivity index (χ1) is 14.7. The quantitative estimate of drug-likeness (QED) is 0.260. The van der Waals surface area contributed by atoms with Gasteiger partial charge in [-0.2, -0.15) is 0 Å². The van der Waals surface area contributed by atoms with Gasteiger partial charge < -0.3 is 9.47 Å². The average molecular weight is 408 g/mol. The van der Waals surface area contributed by atoms with Crippen molar-refractivity contribution in [1.29, 1.82) is 0 Å². The zero-order valence-corrected chi connectivity index (χ0v) is 19.0. The van der Waals surface area contributed by atoms with Crippen molar-refractivity contribution in [3.8, 4) is 23.5 Å². The second-order valence-electron chi connectivity index (χ2n) is 7.82. The van der Waals surface area contributed by atoms with Gasteiger partial charge >= 0.3 is 0 Å². The van der Waals surface area contributed by atoms with Crippen LogP contribution in [0.1, 0.15) is 89.7 Å². The number of aromatic nitrogens is 1. The third-order valence-electron chi connectivity index (χ3n) is 5.11. The largest absolute Gasteiger partial charge is 0.494 e. The minimum Gasteiger partial charge on any atom is -0.494 e. The summed E-state index contributed by atoms with van der Waals surface area (Å²) < 4.78 is 11.5. The molecule has 0 bridgehead atoms. The SMILES string of the molecule is CCCCCCCCCCOc1ccc(C#Cc2ccc(O[C@@H](C)CC)nc2)cc1. The van der Waals surface area contributed by atoms with Crippen molar-refractivity contribution in [2.45, 2.75) is 84.7 Å². The molecule has 0 aliphatic carbocycles. The minimum absolute atomic E-state index is 0.172. The van der Waals surface area contributed by atoms with E-state index in [1.165, 1.54) is 44.9 Å². The van der Waals surface area contributed by atoms with Crippen LogP contribution in [-0.2, 0) is 0 Å². The smallest absolute Gasteiger partial charge is 0.213 e. The summed E-state index contributed by atoms with van der Waals surface area (Å²) in [6, 6.07) is 11.8. The van der Waals surface area contributed by atoms with Gasteiger partial charge in [-0.05, 0) is 50.1 Å². The van der Waals surface area contributed by atoms with Crippen molar-refractivity contribution < 1.29 is 9.47 Å². The monoisotopic (exact) mass is 407 g/mol. The standard InChI is InChI=1S/C27H37NO2/c1-4-6-7-8-9-10-11-12-21-29-26-18-15-24(16-19-26)13-14-25-17-20-27(28-22-25)30-23(3)5-2/h15-20,22-23H,4-12,21H2,1-3H3/t23-/m0/s1. The van der Waals surface area contributed by atoms with E-state index in [1.807, 2.05) is 43.3 Å². The van der Waals surface area contributed by atoms with Crippen molar-refractivity contribution in [3.05, 3.63) is 53.7 Å². The topological polar surface area (TPSA) is 31.4 Å². The average Bonchev–Trinajstić information content (AvgIpc) is 2.78. The van der Waals surface area contributed by atoms with Crippen molar-refractivity contribution in [3.63, 3.8) is 0 Å². The lowest BCUT2D eigenvalue weighted by Crippen LogP contribution is -2.10. The Balaban J connectivity index is 1.68. The molecule has 0 saturated carbocycles. The molecule has 1 heterocycles. The Hall–Kier alpha value is -2.47. The summed E-state index contributed by atoms with van der Waals surface area (Å²) in [5, 5.41) is 0. The lowest BCUT2D eigenvalue weighted by molar-refractivity contribution is 0.208. The number of rotatable bonds is 13. The van der Waals surface area contributed by atoms with Gasteiger partial charge in [0.1, 0.15) is 5.75 Å². The molecule has 162 valence electrons. The van der Waals surface area contributed by atoms with Gasteiger partial charge in [0.15, 0.2) is 0 Å². The van der Waals surface area contributed by atoms with Gasteiger partial charge in [-0.25, -0.2) is 4.98 Å². The highest BCUT2D eigenvalue weighted by Crippen LogP contribution is 2.14. The minimum atomic E-state index is 0.172. The molecule has 0 N–H and O–H groups in total. The fourth-order valence-electron chi connectivity index (χ4n) is 3.02. The van der Waals surface area contributed by atoms with Gasteiger partial charge in [-0.3, -0.25) is 0 Å². The molecular weight excluding hydrogens is 370 g/mol. The maximum absolute atomic E-state index is 5.85. The highest BCUT2D eigenvalue weighted by molar-refractivity contribution is 5.44. The van der Waals surface area contributed by atoms with Crippen LogP contribution in [0.4, 0.5) is 0 Å². The van der Waals surface area contributed by atoms with Gasteiger partial charge in [0.2, 0.25) is 5.88 Å². The van der Waals surface area contributed by atoms with Crippen LogP contribution >= 0.6 is 0 Å². The first-order valence-electron chi connectivity index (χ1n) is 11.6. The van der Waals surface area contributed by atoms with Gasteiger partial charge in [0.25, 0.3) is 0 Å². The zero-order chi connectivity index (χ0) is 21.4. The summed E-state index contributed by atoms with van der Waals surface area (Å²) in [7, 11) is 0. The number of ether oxygens (including phenoxy) is 2. The lowest BCUT2D eigenvalue weighted by Gasteiger charge is -2.10. The second-order valence-corrected chi connectivity index (χ2v) is 7.82. The van der Waals surface area contributed by atoms with Crippen LogP contribution < -0.4 is 9.47 Å². The highest BCUT2D eigenvalue weighted by Gasteiger charge is 2.01. The van der Waals surface area contributed by atoms with E-state index in [0.717, 1.165) is 36.3 Å². The summed E-state index contributed by atoms with van der Waals surface area (Å²) in [5.41, 5.74) is 1.84. The van der Waals surface area contributed by atoms with E-state index in [9.17, 15) is 0 Å². The van der Waals surface area contributed by atoms with Crippen molar-refractivity contribution in [2.24, 2.45) is 0 Å². The van der Waals surface area contributed by atoms with E-state index < -0.39 is 0 Å². The number of unbranched alkanes of at least 4 members (excludes halogenated alkanes) is 7. The Morgan fingerprint density at radius 2 is 1.43 bits per heavy atom. The van der Waals surface area contributed by atoms with Crippen molar-refractivity contribution in [2.75, 3.05) is 6.61 Å². The fraction of sp³-hybridized carbons (Fsp3) is 0.519. The molecule has 3 heteroatoms. The summed E-state index contributed by atoms with van der Waals surface area (Å²) in [4.78, 5) is 4.32. The molecule has 0 amide bonds. The van der Waals surface area contributed by atoms with Gasteiger partial charge in [-0.15, -0.1) is 0 Å². The molecule has 0 aliphatic heterocycles. The number of pyridine rings is 1. The summed E-state index contributed by atoms with van der Waals surface area (Å²) in [6.45, 7) is 7.18. The van der Waals surface area contributed by atoms with E-state index in [0.29, 0.717) is 5.88 Å². The Kier molecular flexibility index (Phi) is 11.5. The zero-order valence-electron chi connectivity index (χ0n) is 19.0. The summed E-state index contributed by atoms with van der Waals surface area (Å²) in [6.07, 6.45) is 13.4. The molecule has 1 aromatic heterocycles. The van der Waals surface area contributed by atoms with E-state index in [2.05, 4.69) is 30.7 Å². The maximum atomic E-state index is 5.85. The second kappa shape index (κ2) is 14.5. The molecular formula is C27H37NO2. The van der Waals surface area contributed by atoms with E-state index >= 15 is 0 Å². The molecule has 0 aliphatic rings. The molecule has 2 aromatic rings. The summed E-state index contributed by atoms with van der Waals surface area (Å²) in [5.74, 6) is 7.89. The molecule has 3 nitrogen and oxygen atoms in total. The Morgan fingerprint density at radius 3 is 2.07 bits per heavy atom. The normalized spacial score (nSPS) is 11.4. The van der Waals surface area contributed by atoms with Crippen molar-refractivity contribution >= 4 is 0 Å². The third kappa shape index (κ3) is 9.83. The van der Waals surface area contributed by atoms with Crippen LogP contribution in [0.2, 0.25) is 0 Å². The number of benzene rings is 1. The fourth-order valence-corrected chi connectivity index (χ4v) is 3.02. The Labute approximate surface area is 183 Å². The molecule has 1 atom stereocenters. The number of hydrogen-bond donors (Lipinski definition) is 0. The van der Waals surface area contributed by atoms with E-state index in [1.54, 1.807) is 6.20 Å². The van der Waals surface area contributed by atoms with Crippen molar-refractivity contribution in [1.82, 2.24) is 4.98 Å². The molecule has 2 rings (SSSR count). The highest BCUT2D eigenvalue weighted by atomic mass is 16.5. The summed E-state index contributed by atoms with van der Waals surface area (Å²) >= 11 is 0. The van der Waals surface area contributed by atoms with Crippen LogP contribution in [0.15, 0.2) is 42.6 Å². The first-order valence-corrected chi connectivity index (χ1v) is 11.6. The third-order valence-corrected chi connectivity index (χ3v) is 5.11. The van der Waals surface area contributed by atoms with Crippen LogP contribution in [0, 0.1) is 11.8 Å². The molecule has 0 spiro atoms. The molecule has 0 fully saturated rings. The predicted octanol–water partition coefficient (Wildman–Crippen LogP) is 7.18. The Morgan fingerprint density at radius 1 is 0.800 bits per heavy atom. The van der Waals surface area contributed by atoms with Crippen LogP contribution in [0.25, 0.3) is 0 Å².